The van der Waals surface area contributed by atoms with Gasteiger partial charge in [-0.1, -0.05) is 18.2 Å². The van der Waals surface area contributed by atoms with E-state index in [1.807, 2.05) is 24.3 Å². The summed E-state index contributed by atoms with van der Waals surface area (Å²) in [6, 6.07) is 10.0. The maximum Gasteiger partial charge on any atom is 0.224 e. The van der Waals surface area contributed by atoms with Gasteiger partial charge in [0.05, 0.1) is 6.42 Å². The molecule has 2 N–H and O–H groups in total. The fourth-order valence-corrected chi connectivity index (χ4v) is 2.37. The van der Waals surface area contributed by atoms with Crippen molar-refractivity contribution in [2.45, 2.75) is 13.0 Å². The van der Waals surface area contributed by atoms with Crippen molar-refractivity contribution in [1.29, 1.82) is 0 Å². The molecular formula is C14H16N2OS. The molecule has 0 saturated heterocycles. The summed E-state index contributed by atoms with van der Waals surface area (Å²) in [4.78, 5) is 11.4. The minimum absolute atomic E-state index is 0.0276. The van der Waals surface area contributed by atoms with Crippen LogP contribution in [0.4, 0.5) is 5.69 Å². The highest BCUT2D eigenvalue weighted by Crippen LogP contribution is 2.17. The molecule has 0 spiro atoms. The number of likely N-dealkylation sites (N-methyl/N-ethyl adjacent to an activating group) is 1. The van der Waals surface area contributed by atoms with Crippen LogP contribution in [0.25, 0.3) is 0 Å². The van der Waals surface area contributed by atoms with E-state index in [1.165, 1.54) is 5.56 Å². The number of benzene rings is 1. The molecule has 3 nitrogen and oxygen atoms in total. The third kappa shape index (κ3) is 3.34. The van der Waals surface area contributed by atoms with E-state index in [4.69, 9.17) is 0 Å². The zero-order valence-electron chi connectivity index (χ0n) is 10.3. The molecule has 2 aromatic rings. The molecule has 0 saturated carbocycles. The van der Waals surface area contributed by atoms with Crippen molar-refractivity contribution in [2.75, 3.05) is 12.4 Å². The quantitative estimate of drug-likeness (QED) is 0.867. The van der Waals surface area contributed by atoms with Gasteiger partial charge in [-0.3, -0.25) is 4.79 Å². The molecule has 4 heteroatoms. The van der Waals surface area contributed by atoms with Crippen LogP contribution in [0.3, 0.4) is 0 Å². The monoisotopic (exact) mass is 260 g/mol. The molecule has 0 aliphatic carbocycles. The number of carbonyl (C=O) groups excluding carboxylic acids is 1. The number of thiophene rings is 1. The topological polar surface area (TPSA) is 41.1 Å². The first-order valence-corrected chi connectivity index (χ1v) is 6.77. The Morgan fingerprint density at radius 3 is 2.83 bits per heavy atom. The molecule has 0 aliphatic rings. The Hall–Kier alpha value is -1.81. The molecule has 1 amide bonds. The molecule has 94 valence electrons. The van der Waals surface area contributed by atoms with Crippen molar-refractivity contribution >= 4 is 22.9 Å². The van der Waals surface area contributed by atoms with E-state index in [1.54, 1.807) is 18.4 Å². The first kappa shape index (κ1) is 12.6. The summed E-state index contributed by atoms with van der Waals surface area (Å²) >= 11 is 1.69. The van der Waals surface area contributed by atoms with Gasteiger partial charge in [-0.15, -0.1) is 0 Å². The van der Waals surface area contributed by atoms with Crippen LogP contribution in [-0.4, -0.2) is 13.0 Å². The number of nitrogens with one attached hydrogen (secondary N) is 2. The fourth-order valence-electron chi connectivity index (χ4n) is 1.70. The molecule has 18 heavy (non-hydrogen) atoms. The van der Waals surface area contributed by atoms with E-state index in [2.05, 4.69) is 27.5 Å². The Bertz CT molecular complexity index is 508. The van der Waals surface area contributed by atoms with E-state index >= 15 is 0 Å². The Morgan fingerprint density at radius 2 is 2.11 bits per heavy atom. The van der Waals surface area contributed by atoms with Crippen LogP contribution < -0.4 is 10.6 Å². The average molecular weight is 260 g/mol. The van der Waals surface area contributed by atoms with Gasteiger partial charge in [0.25, 0.3) is 0 Å². The van der Waals surface area contributed by atoms with Crippen molar-refractivity contribution in [1.82, 2.24) is 5.32 Å². The molecule has 1 heterocycles. The Labute approximate surface area is 111 Å². The van der Waals surface area contributed by atoms with Gasteiger partial charge in [0.1, 0.15) is 0 Å². The Balaban J connectivity index is 2.05. The van der Waals surface area contributed by atoms with Crippen LogP contribution in [-0.2, 0) is 17.8 Å². The number of amides is 1. The summed E-state index contributed by atoms with van der Waals surface area (Å²) in [6.07, 6.45) is 0.406. The molecule has 0 aliphatic heterocycles. The first-order chi connectivity index (χ1) is 8.79. The van der Waals surface area contributed by atoms with Crippen LogP contribution in [0.15, 0.2) is 41.1 Å². The lowest BCUT2D eigenvalue weighted by atomic mass is 10.1. The second kappa shape index (κ2) is 6.21. The lowest BCUT2D eigenvalue weighted by Crippen LogP contribution is -2.20. The van der Waals surface area contributed by atoms with Crippen molar-refractivity contribution in [3.8, 4) is 0 Å². The molecular weight excluding hydrogens is 244 g/mol. The SMILES string of the molecule is CNC(=O)Cc1ccccc1NCc1ccsc1. The van der Waals surface area contributed by atoms with Gasteiger partial charge < -0.3 is 10.6 Å². The second-order valence-corrected chi connectivity index (χ2v) is 4.77. The normalized spacial score (nSPS) is 10.1. The van der Waals surface area contributed by atoms with Gasteiger partial charge in [-0.2, -0.15) is 11.3 Å². The number of hydrogen-bond donors (Lipinski definition) is 2. The first-order valence-electron chi connectivity index (χ1n) is 5.83. The van der Waals surface area contributed by atoms with Gasteiger partial charge >= 0.3 is 0 Å². The molecule has 1 aromatic carbocycles. The number of carbonyl (C=O) groups is 1. The van der Waals surface area contributed by atoms with Gasteiger partial charge in [0.15, 0.2) is 0 Å². The largest absolute Gasteiger partial charge is 0.381 e. The Morgan fingerprint density at radius 1 is 1.28 bits per heavy atom. The van der Waals surface area contributed by atoms with Gasteiger partial charge in [-0.05, 0) is 34.0 Å². The second-order valence-electron chi connectivity index (χ2n) is 3.99. The highest BCUT2D eigenvalue weighted by Gasteiger charge is 2.06. The van der Waals surface area contributed by atoms with Gasteiger partial charge in [0, 0.05) is 19.3 Å². The minimum Gasteiger partial charge on any atom is -0.381 e. The van der Waals surface area contributed by atoms with E-state index in [0.29, 0.717) is 6.42 Å². The zero-order valence-corrected chi connectivity index (χ0v) is 11.1. The van der Waals surface area contributed by atoms with E-state index in [9.17, 15) is 4.79 Å². The molecule has 0 unspecified atom stereocenters. The average Bonchev–Trinajstić information content (AvgIpc) is 2.91. The van der Waals surface area contributed by atoms with Crippen molar-refractivity contribution in [3.05, 3.63) is 52.2 Å². The number of hydrogen-bond acceptors (Lipinski definition) is 3. The highest BCUT2D eigenvalue weighted by atomic mass is 32.1. The molecule has 0 fully saturated rings. The molecule has 0 atom stereocenters. The third-order valence-corrected chi connectivity index (χ3v) is 3.44. The molecule has 2 rings (SSSR count). The van der Waals surface area contributed by atoms with Crippen molar-refractivity contribution < 1.29 is 4.79 Å². The van der Waals surface area contributed by atoms with E-state index < -0.39 is 0 Å². The molecule has 0 radical (unpaired) electrons. The van der Waals surface area contributed by atoms with Crippen molar-refractivity contribution in [3.63, 3.8) is 0 Å². The standard InChI is InChI=1S/C14H16N2OS/c1-15-14(17)8-12-4-2-3-5-13(12)16-9-11-6-7-18-10-11/h2-7,10,16H,8-9H2,1H3,(H,15,17). The summed E-state index contributed by atoms with van der Waals surface area (Å²) in [7, 11) is 1.66. The van der Waals surface area contributed by atoms with Crippen LogP contribution in [0, 0.1) is 0 Å². The Kier molecular flexibility index (Phi) is 4.36. The van der Waals surface area contributed by atoms with E-state index in [0.717, 1.165) is 17.8 Å². The summed E-state index contributed by atoms with van der Waals surface area (Å²) in [6.45, 7) is 0.786. The van der Waals surface area contributed by atoms with Gasteiger partial charge in [0.2, 0.25) is 5.91 Å². The van der Waals surface area contributed by atoms with E-state index in [-0.39, 0.29) is 5.91 Å². The predicted molar refractivity (Wildman–Crippen MR) is 75.9 cm³/mol. The van der Waals surface area contributed by atoms with Crippen molar-refractivity contribution in [2.24, 2.45) is 0 Å². The lowest BCUT2D eigenvalue weighted by molar-refractivity contribution is -0.119. The van der Waals surface area contributed by atoms with Crippen LogP contribution >= 0.6 is 11.3 Å². The molecule has 1 aromatic heterocycles. The smallest absolute Gasteiger partial charge is 0.224 e. The number of para-hydroxylation sites is 1. The van der Waals surface area contributed by atoms with Crippen LogP contribution in [0.5, 0.6) is 0 Å². The van der Waals surface area contributed by atoms with Gasteiger partial charge in [-0.25, -0.2) is 0 Å². The number of rotatable bonds is 5. The zero-order chi connectivity index (χ0) is 12.8. The van der Waals surface area contributed by atoms with Crippen LogP contribution in [0.1, 0.15) is 11.1 Å². The summed E-state index contributed by atoms with van der Waals surface area (Å²) < 4.78 is 0. The summed E-state index contributed by atoms with van der Waals surface area (Å²) in [5.41, 5.74) is 3.30. The minimum atomic E-state index is 0.0276. The highest BCUT2D eigenvalue weighted by molar-refractivity contribution is 7.07. The fraction of sp³-hybridized carbons (Fsp3) is 0.214. The van der Waals surface area contributed by atoms with Crippen LogP contribution in [0.2, 0.25) is 0 Å². The maximum absolute atomic E-state index is 11.4. The molecule has 0 bridgehead atoms. The number of anilines is 1. The third-order valence-electron chi connectivity index (χ3n) is 2.71. The maximum atomic E-state index is 11.4. The summed E-state index contributed by atoms with van der Waals surface area (Å²) in [5.74, 6) is 0.0276. The summed E-state index contributed by atoms with van der Waals surface area (Å²) in [5, 5.41) is 10.2. The predicted octanol–water partition coefficient (Wildman–Crippen LogP) is 2.65. The lowest BCUT2D eigenvalue weighted by Gasteiger charge is -2.10.